The molecule has 0 radical (unpaired) electrons. The van der Waals surface area contributed by atoms with E-state index in [2.05, 4.69) is 38.9 Å². The van der Waals surface area contributed by atoms with Gasteiger partial charge in [0.1, 0.15) is 12.4 Å². The average Bonchev–Trinajstić information content (AvgIpc) is 2.86. The SMILES string of the molecule is Cc1ccc2nc(CN=C(N)N3CCOC(C)C3)[nH]c2c1. The molecule has 6 nitrogen and oxygen atoms in total. The topological polar surface area (TPSA) is 79.5 Å². The number of aliphatic imine (C=N–C) groups is 1. The van der Waals surface area contributed by atoms with Crippen molar-refractivity contribution >= 4 is 17.0 Å². The Morgan fingerprint density at radius 3 is 3.24 bits per heavy atom. The van der Waals surface area contributed by atoms with E-state index in [9.17, 15) is 0 Å². The minimum atomic E-state index is 0.196. The number of benzene rings is 1. The molecule has 1 aliphatic heterocycles. The third kappa shape index (κ3) is 3.16. The summed E-state index contributed by atoms with van der Waals surface area (Å²) in [6.07, 6.45) is 0.196. The molecule has 1 saturated heterocycles. The zero-order chi connectivity index (χ0) is 14.8. The monoisotopic (exact) mass is 287 g/mol. The minimum absolute atomic E-state index is 0.196. The summed E-state index contributed by atoms with van der Waals surface area (Å²) >= 11 is 0. The van der Waals surface area contributed by atoms with Crippen LogP contribution in [-0.2, 0) is 11.3 Å². The first-order valence-electron chi connectivity index (χ1n) is 7.23. The number of ether oxygens (including phenoxy) is 1. The molecule has 1 unspecified atom stereocenters. The van der Waals surface area contributed by atoms with Gasteiger partial charge in [-0.15, -0.1) is 0 Å². The molecule has 2 aromatic rings. The van der Waals surface area contributed by atoms with Crippen LogP contribution in [0, 0.1) is 6.92 Å². The molecule has 1 aliphatic rings. The highest BCUT2D eigenvalue weighted by molar-refractivity contribution is 5.78. The highest BCUT2D eigenvalue weighted by Gasteiger charge is 2.18. The molecular formula is C15H21N5O. The van der Waals surface area contributed by atoms with E-state index in [1.54, 1.807) is 0 Å². The molecule has 112 valence electrons. The number of aryl methyl sites for hydroxylation is 1. The Morgan fingerprint density at radius 2 is 2.43 bits per heavy atom. The number of hydrogen-bond acceptors (Lipinski definition) is 3. The maximum Gasteiger partial charge on any atom is 0.191 e. The molecule has 0 amide bonds. The molecule has 1 aromatic heterocycles. The van der Waals surface area contributed by atoms with Gasteiger partial charge < -0.3 is 20.4 Å². The number of fused-ring (bicyclic) bond motifs is 1. The Morgan fingerprint density at radius 1 is 1.57 bits per heavy atom. The number of rotatable bonds is 2. The van der Waals surface area contributed by atoms with E-state index < -0.39 is 0 Å². The summed E-state index contributed by atoms with van der Waals surface area (Å²) in [5.41, 5.74) is 9.27. The lowest BCUT2D eigenvalue weighted by molar-refractivity contribution is 0.00528. The number of nitrogens with one attached hydrogen (secondary N) is 1. The lowest BCUT2D eigenvalue weighted by Crippen LogP contribution is -2.47. The number of morpholine rings is 1. The zero-order valence-electron chi connectivity index (χ0n) is 12.5. The van der Waals surface area contributed by atoms with Crippen LogP contribution in [0.25, 0.3) is 11.0 Å². The lowest BCUT2D eigenvalue weighted by Gasteiger charge is -2.31. The molecule has 1 atom stereocenters. The van der Waals surface area contributed by atoms with Crippen LogP contribution in [-0.4, -0.2) is 46.6 Å². The largest absolute Gasteiger partial charge is 0.375 e. The van der Waals surface area contributed by atoms with Crippen LogP contribution in [0.1, 0.15) is 18.3 Å². The molecule has 3 N–H and O–H groups in total. The van der Waals surface area contributed by atoms with E-state index in [0.717, 1.165) is 29.9 Å². The van der Waals surface area contributed by atoms with Gasteiger partial charge in [-0.25, -0.2) is 9.98 Å². The molecule has 1 aromatic carbocycles. The van der Waals surface area contributed by atoms with E-state index >= 15 is 0 Å². The summed E-state index contributed by atoms with van der Waals surface area (Å²) in [6.45, 7) is 6.84. The second-order valence-corrected chi connectivity index (χ2v) is 5.51. The van der Waals surface area contributed by atoms with Gasteiger partial charge in [-0.2, -0.15) is 0 Å². The quantitative estimate of drug-likeness (QED) is 0.646. The van der Waals surface area contributed by atoms with Crippen molar-refractivity contribution in [2.24, 2.45) is 10.7 Å². The smallest absolute Gasteiger partial charge is 0.191 e. The number of nitrogens with zero attached hydrogens (tertiary/aromatic N) is 3. The number of hydrogen-bond donors (Lipinski definition) is 2. The van der Waals surface area contributed by atoms with E-state index in [1.807, 2.05) is 13.0 Å². The second-order valence-electron chi connectivity index (χ2n) is 5.51. The van der Waals surface area contributed by atoms with Crippen molar-refractivity contribution in [1.29, 1.82) is 0 Å². The lowest BCUT2D eigenvalue weighted by atomic mass is 10.2. The van der Waals surface area contributed by atoms with Crippen LogP contribution in [0.3, 0.4) is 0 Å². The Bertz CT molecular complexity index is 663. The van der Waals surface area contributed by atoms with Crippen LogP contribution in [0.2, 0.25) is 0 Å². The van der Waals surface area contributed by atoms with Crippen LogP contribution >= 0.6 is 0 Å². The Hall–Kier alpha value is -2.08. The summed E-state index contributed by atoms with van der Waals surface area (Å²) in [7, 11) is 0. The number of aromatic nitrogens is 2. The zero-order valence-corrected chi connectivity index (χ0v) is 12.5. The molecule has 3 rings (SSSR count). The first-order chi connectivity index (χ1) is 10.1. The molecule has 0 saturated carbocycles. The van der Waals surface area contributed by atoms with Gasteiger partial charge in [0, 0.05) is 13.1 Å². The Balaban J connectivity index is 1.71. The van der Waals surface area contributed by atoms with Crippen molar-refractivity contribution in [2.75, 3.05) is 19.7 Å². The van der Waals surface area contributed by atoms with E-state index in [0.29, 0.717) is 19.1 Å². The summed E-state index contributed by atoms with van der Waals surface area (Å²) in [4.78, 5) is 14.3. The van der Waals surface area contributed by atoms with Gasteiger partial charge in [0.25, 0.3) is 0 Å². The van der Waals surface area contributed by atoms with Crippen LogP contribution in [0.5, 0.6) is 0 Å². The van der Waals surface area contributed by atoms with Gasteiger partial charge in [0.2, 0.25) is 0 Å². The maximum atomic E-state index is 6.06. The molecule has 2 heterocycles. The fourth-order valence-corrected chi connectivity index (χ4v) is 2.53. The molecule has 1 fully saturated rings. The van der Waals surface area contributed by atoms with Gasteiger partial charge in [0.05, 0.1) is 23.7 Å². The van der Waals surface area contributed by atoms with Gasteiger partial charge in [0.15, 0.2) is 5.96 Å². The number of guanidine groups is 1. The van der Waals surface area contributed by atoms with E-state index in [4.69, 9.17) is 10.5 Å². The molecule has 6 heteroatoms. The molecule has 0 aliphatic carbocycles. The van der Waals surface area contributed by atoms with Crippen molar-refractivity contribution in [2.45, 2.75) is 26.5 Å². The number of imidazole rings is 1. The minimum Gasteiger partial charge on any atom is -0.375 e. The fourth-order valence-electron chi connectivity index (χ4n) is 2.53. The van der Waals surface area contributed by atoms with Gasteiger partial charge in [-0.3, -0.25) is 0 Å². The first kappa shape index (κ1) is 13.9. The summed E-state index contributed by atoms with van der Waals surface area (Å²) in [5, 5.41) is 0. The standard InChI is InChI=1S/C15H21N5O/c1-10-3-4-12-13(7-10)19-14(18-12)8-17-15(16)20-5-6-21-11(2)9-20/h3-4,7,11H,5-6,8-9H2,1-2H3,(H2,16,17)(H,18,19). The Labute approximate surface area is 124 Å². The summed E-state index contributed by atoms with van der Waals surface area (Å²) < 4.78 is 5.50. The van der Waals surface area contributed by atoms with Gasteiger partial charge in [-0.1, -0.05) is 6.07 Å². The van der Waals surface area contributed by atoms with Crippen molar-refractivity contribution in [3.63, 3.8) is 0 Å². The Kier molecular flexibility index (Phi) is 3.79. The van der Waals surface area contributed by atoms with Crippen molar-refractivity contribution in [1.82, 2.24) is 14.9 Å². The fraction of sp³-hybridized carbons (Fsp3) is 0.467. The normalized spacial score (nSPS) is 20.2. The summed E-state index contributed by atoms with van der Waals surface area (Å²) in [6, 6.07) is 6.16. The maximum absolute atomic E-state index is 6.06. The van der Waals surface area contributed by atoms with Crippen LogP contribution in [0.4, 0.5) is 0 Å². The average molecular weight is 287 g/mol. The van der Waals surface area contributed by atoms with Crippen molar-refractivity contribution < 1.29 is 4.74 Å². The number of H-pyrrole nitrogens is 1. The molecule has 0 spiro atoms. The van der Waals surface area contributed by atoms with Crippen LogP contribution < -0.4 is 5.73 Å². The molecular weight excluding hydrogens is 266 g/mol. The number of nitrogens with two attached hydrogens (primary N) is 1. The van der Waals surface area contributed by atoms with Gasteiger partial charge in [-0.05, 0) is 31.5 Å². The third-order valence-corrected chi connectivity index (χ3v) is 3.64. The highest BCUT2D eigenvalue weighted by atomic mass is 16.5. The first-order valence-corrected chi connectivity index (χ1v) is 7.23. The predicted molar refractivity (Wildman–Crippen MR) is 83.1 cm³/mol. The third-order valence-electron chi connectivity index (χ3n) is 3.64. The number of aromatic amines is 1. The highest BCUT2D eigenvalue weighted by Crippen LogP contribution is 2.13. The summed E-state index contributed by atoms with van der Waals surface area (Å²) in [5.74, 6) is 1.39. The van der Waals surface area contributed by atoms with Crippen LogP contribution in [0.15, 0.2) is 23.2 Å². The molecule has 0 bridgehead atoms. The van der Waals surface area contributed by atoms with E-state index in [1.165, 1.54) is 5.56 Å². The van der Waals surface area contributed by atoms with Crippen molar-refractivity contribution in [3.8, 4) is 0 Å². The predicted octanol–water partition coefficient (Wildman–Crippen LogP) is 1.41. The second kappa shape index (κ2) is 5.73. The molecule has 21 heavy (non-hydrogen) atoms. The van der Waals surface area contributed by atoms with E-state index in [-0.39, 0.29) is 6.10 Å². The van der Waals surface area contributed by atoms with Gasteiger partial charge >= 0.3 is 0 Å². The van der Waals surface area contributed by atoms with Crippen molar-refractivity contribution in [3.05, 3.63) is 29.6 Å².